The van der Waals surface area contributed by atoms with Gasteiger partial charge < -0.3 is 0 Å². The van der Waals surface area contributed by atoms with E-state index in [0.29, 0.717) is 11.0 Å². The lowest BCUT2D eigenvalue weighted by molar-refractivity contribution is -0.145. The van der Waals surface area contributed by atoms with Crippen LogP contribution in [0.15, 0.2) is 6.20 Å². The molecule has 0 N–H and O–H groups in total. The predicted octanol–water partition coefficient (Wildman–Crippen LogP) is 2.69. The number of aromatic nitrogens is 4. The van der Waals surface area contributed by atoms with E-state index < -0.39 is 12.0 Å². The Labute approximate surface area is 101 Å². The molecule has 16 heavy (non-hydrogen) atoms. The molecule has 0 amide bonds. The van der Waals surface area contributed by atoms with E-state index in [1.807, 2.05) is 0 Å². The quantitative estimate of drug-likeness (QED) is 0.760. The van der Waals surface area contributed by atoms with Gasteiger partial charge in [-0.3, -0.25) is 0 Å². The molecule has 0 aliphatic carbocycles. The van der Waals surface area contributed by atoms with Gasteiger partial charge in [-0.05, 0) is 0 Å². The molecule has 2 rings (SSSR count). The van der Waals surface area contributed by atoms with Crippen molar-refractivity contribution in [1.29, 1.82) is 0 Å². The summed E-state index contributed by atoms with van der Waals surface area (Å²) in [5, 5.41) is 3.34. The van der Waals surface area contributed by atoms with Crippen molar-refractivity contribution in [3.05, 3.63) is 22.9 Å². The molecule has 4 nitrogen and oxygen atoms in total. The summed E-state index contributed by atoms with van der Waals surface area (Å²) in [7, 11) is 0. The average Bonchev–Trinajstić information content (AvgIpc) is 2.59. The highest BCUT2D eigenvalue weighted by atomic mass is 79.9. The van der Waals surface area contributed by atoms with Gasteiger partial charge in [-0.1, -0.05) is 27.5 Å². The molecule has 0 fully saturated rings. The molecule has 0 spiro atoms. The first-order valence-corrected chi connectivity index (χ1v) is 5.46. The number of halogens is 5. The first-order valence-electron chi connectivity index (χ1n) is 3.97. The summed E-state index contributed by atoms with van der Waals surface area (Å²) in [6.45, 7) is 0. The van der Waals surface area contributed by atoms with E-state index in [1.165, 1.54) is 6.20 Å². The van der Waals surface area contributed by atoms with E-state index in [4.69, 9.17) is 11.6 Å². The van der Waals surface area contributed by atoms with Crippen LogP contribution in [0.25, 0.3) is 5.65 Å². The Hall–Kier alpha value is -0.890. The van der Waals surface area contributed by atoms with Gasteiger partial charge in [0.25, 0.3) is 5.82 Å². The van der Waals surface area contributed by atoms with Crippen LogP contribution in [-0.4, -0.2) is 19.6 Å². The number of fused-ring (bicyclic) bond motifs is 1. The third-order valence-corrected chi connectivity index (χ3v) is 2.61. The van der Waals surface area contributed by atoms with E-state index in [1.54, 1.807) is 0 Å². The van der Waals surface area contributed by atoms with Gasteiger partial charge in [0.1, 0.15) is 0 Å². The summed E-state index contributed by atoms with van der Waals surface area (Å²) in [5.41, 5.74) is 0.564. The van der Waals surface area contributed by atoms with E-state index in [9.17, 15) is 13.2 Å². The van der Waals surface area contributed by atoms with Gasteiger partial charge >= 0.3 is 6.18 Å². The average molecular weight is 315 g/mol. The van der Waals surface area contributed by atoms with Crippen molar-refractivity contribution in [3.63, 3.8) is 0 Å². The summed E-state index contributed by atoms with van der Waals surface area (Å²) in [6.07, 6.45) is -3.25. The van der Waals surface area contributed by atoms with E-state index >= 15 is 0 Å². The zero-order chi connectivity index (χ0) is 11.9. The highest BCUT2D eigenvalue weighted by Crippen LogP contribution is 2.28. The number of hydrogen-bond acceptors (Lipinski definition) is 3. The third kappa shape index (κ3) is 1.86. The van der Waals surface area contributed by atoms with Gasteiger partial charge in [0.05, 0.1) is 11.9 Å². The molecule has 0 aromatic carbocycles. The molecule has 2 aromatic heterocycles. The van der Waals surface area contributed by atoms with Crippen molar-refractivity contribution in [2.75, 3.05) is 0 Å². The van der Waals surface area contributed by atoms with Crippen LogP contribution < -0.4 is 0 Å². The molecule has 0 saturated carbocycles. The van der Waals surface area contributed by atoms with Crippen LogP contribution in [0.5, 0.6) is 0 Å². The van der Waals surface area contributed by atoms with Gasteiger partial charge in [-0.15, -0.1) is 5.10 Å². The second-order valence-electron chi connectivity index (χ2n) is 2.84. The SMILES string of the molecule is FC(F)(F)c1nc(Cl)c2ncc(CBr)n2n1. The Morgan fingerprint density at radius 2 is 2.12 bits per heavy atom. The van der Waals surface area contributed by atoms with Crippen molar-refractivity contribution in [1.82, 2.24) is 19.6 Å². The zero-order valence-corrected chi connectivity index (χ0v) is 9.81. The number of imidazole rings is 1. The molecule has 0 atom stereocenters. The third-order valence-electron chi connectivity index (χ3n) is 1.78. The van der Waals surface area contributed by atoms with Gasteiger partial charge in [-0.2, -0.15) is 13.2 Å². The van der Waals surface area contributed by atoms with E-state index in [0.717, 1.165) is 4.52 Å². The molecular formula is C7H3BrClF3N4. The van der Waals surface area contributed by atoms with Crippen LogP contribution in [-0.2, 0) is 11.5 Å². The molecule has 0 unspecified atom stereocenters. The Bertz CT molecular complexity index is 538. The Morgan fingerprint density at radius 1 is 1.44 bits per heavy atom. The zero-order valence-electron chi connectivity index (χ0n) is 7.46. The fraction of sp³-hybridized carbons (Fsp3) is 0.286. The van der Waals surface area contributed by atoms with Crippen molar-refractivity contribution >= 4 is 33.2 Å². The van der Waals surface area contributed by atoms with Crippen LogP contribution in [0.1, 0.15) is 11.5 Å². The van der Waals surface area contributed by atoms with Crippen LogP contribution in [0.4, 0.5) is 13.2 Å². The van der Waals surface area contributed by atoms with Crippen LogP contribution in [0, 0.1) is 0 Å². The maximum absolute atomic E-state index is 12.4. The Kier molecular flexibility index (Phi) is 2.79. The maximum atomic E-state index is 12.4. The smallest absolute Gasteiger partial charge is 0.232 e. The fourth-order valence-corrected chi connectivity index (χ4v) is 1.70. The Morgan fingerprint density at radius 3 is 2.69 bits per heavy atom. The van der Waals surface area contributed by atoms with Gasteiger partial charge in [0, 0.05) is 5.33 Å². The summed E-state index contributed by atoms with van der Waals surface area (Å²) in [4.78, 5) is 6.97. The van der Waals surface area contributed by atoms with Crippen molar-refractivity contribution in [2.45, 2.75) is 11.5 Å². The molecule has 0 saturated heterocycles. The fourth-order valence-electron chi connectivity index (χ4n) is 1.10. The topological polar surface area (TPSA) is 43.1 Å². The second-order valence-corrected chi connectivity index (χ2v) is 3.76. The molecular weight excluding hydrogens is 312 g/mol. The number of rotatable bonds is 1. The van der Waals surface area contributed by atoms with Gasteiger partial charge in [0.2, 0.25) is 0 Å². The second kappa shape index (κ2) is 3.85. The molecule has 0 aliphatic heterocycles. The van der Waals surface area contributed by atoms with Crippen molar-refractivity contribution in [2.24, 2.45) is 0 Å². The molecule has 2 aromatic rings. The molecule has 9 heteroatoms. The summed E-state index contributed by atoms with van der Waals surface area (Å²) in [5.74, 6) is -1.29. The monoisotopic (exact) mass is 314 g/mol. The highest BCUT2D eigenvalue weighted by Gasteiger charge is 2.36. The first-order chi connectivity index (χ1) is 7.43. The summed E-state index contributed by atoms with van der Waals surface area (Å²) >= 11 is 8.70. The minimum atomic E-state index is -4.63. The van der Waals surface area contributed by atoms with Crippen LogP contribution in [0.3, 0.4) is 0 Å². The summed E-state index contributed by atoms with van der Waals surface area (Å²) < 4.78 is 38.2. The molecule has 86 valence electrons. The molecule has 0 aliphatic rings. The maximum Gasteiger partial charge on any atom is 0.453 e. The molecule has 0 bridgehead atoms. The number of hydrogen-bond donors (Lipinski definition) is 0. The predicted molar refractivity (Wildman–Crippen MR) is 53.4 cm³/mol. The molecule has 0 radical (unpaired) electrons. The Balaban J connectivity index is 2.73. The van der Waals surface area contributed by atoms with E-state index in [2.05, 4.69) is 31.0 Å². The van der Waals surface area contributed by atoms with Crippen LogP contribution >= 0.6 is 27.5 Å². The van der Waals surface area contributed by atoms with Crippen molar-refractivity contribution < 1.29 is 13.2 Å². The molecule has 2 heterocycles. The van der Waals surface area contributed by atoms with E-state index in [-0.39, 0.29) is 10.8 Å². The minimum absolute atomic E-state index is 0.101. The minimum Gasteiger partial charge on any atom is -0.232 e. The van der Waals surface area contributed by atoms with Crippen LogP contribution in [0.2, 0.25) is 5.15 Å². The van der Waals surface area contributed by atoms with Gasteiger partial charge in [0.15, 0.2) is 10.8 Å². The number of nitrogens with zero attached hydrogens (tertiary/aromatic N) is 4. The lowest BCUT2D eigenvalue weighted by Gasteiger charge is -2.06. The number of alkyl halides is 4. The highest BCUT2D eigenvalue weighted by molar-refractivity contribution is 9.08. The standard InChI is InChI=1S/C7H3BrClF3N4/c8-1-3-2-13-5-4(9)14-6(7(10,11)12)15-16(3)5/h2H,1H2. The lowest BCUT2D eigenvalue weighted by Crippen LogP contribution is -2.14. The lowest BCUT2D eigenvalue weighted by atomic mass is 10.5. The largest absolute Gasteiger partial charge is 0.453 e. The summed E-state index contributed by atoms with van der Waals surface area (Å²) in [6, 6.07) is 0. The van der Waals surface area contributed by atoms with Gasteiger partial charge in [-0.25, -0.2) is 14.5 Å². The van der Waals surface area contributed by atoms with Crippen molar-refractivity contribution in [3.8, 4) is 0 Å². The first kappa shape index (κ1) is 11.6. The normalized spacial score (nSPS) is 12.3.